The topological polar surface area (TPSA) is 21.3 Å². The molecular weight excluding hydrogens is 837 g/mol. The summed E-state index contributed by atoms with van der Waals surface area (Å²) in [6.07, 6.45) is 0. The molecule has 324 valence electrons. The molecule has 0 fully saturated rings. The summed E-state index contributed by atoms with van der Waals surface area (Å²) in [5, 5.41) is 4.68. The molecule has 13 aromatic rings. The number of furan rings is 1. The summed E-state index contributed by atoms with van der Waals surface area (Å²) < 4.78 is 9.04. The first-order valence-corrected chi connectivity index (χ1v) is 23.6. The van der Waals surface area contributed by atoms with Crippen molar-refractivity contribution in [3.63, 3.8) is 0 Å². The molecule has 0 atom stereocenters. The number of anilines is 3. The van der Waals surface area contributed by atoms with Crippen LogP contribution in [0.4, 0.5) is 17.1 Å². The van der Waals surface area contributed by atoms with Crippen LogP contribution in [-0.4, -0.2) is 4.57 Å². The van der Waals surface area contributed by atoms with Crippen LogP contribution < -0.4 is 4.90 Å². The number of aromatic nitrogens is 1. The highest BCUT2D eigenvalue weighted by Gasteiger charge is 2.18. The van der Waals surface area contributed by atoms with Gasteiger partial charge >= 0.3 is 0 Å². The van der Waals surface area contributed by atoms with Crippen LogP contribution in [0.25, 0.3) is 105 Å². The maximum absolute atomic E-state index is 6.66. The van der Waals surface area contributed by atoms with E-state index in [4.69, 9.17) is 4.42 Å². The smallest absolute Gasteiger partial charge is 0.143 e. The summed E-state index contributed by atoms with van der Waals surface area (Å²) in [6.45, 7) is 0. The molecule has 0 spiro atoms. The number of hydrogen-bond acceptors (Lipinski definition) is 2. The van der Waals surface area contributed by atoms with Crippen molar-refractivity contribution in [2.45, 2.75) is 0 Å². The van der Waals surface area contributed by atoms with E-state index in [1.165, 1.54) is 44.1 Å². The van der Waals surface area contributed by atoms with E-state index in [0.717, 1.165) is 78.1 Å². The van der Waals surface area contributed by atoms with Crippen LogP contribution in [0.5, 0.6) is 0 Å². The second kappa shape index (κ2) is 16.9. The summed E-state index contributed by atoms with van der Waals surface area (Å²) >= 11 is 0. The Morgan fingerprint density at radius 1 is 0.275 bits per heavy atom. The van der Waals surface area contributed by atoms with Crippen LogP contribution in [0.1, 0.15) is 0 Å². The Morgan fingerprint density at radius 2 is 0.725 bits per heavy atom. The molecule has 0 amide bonds. The van der Waals surface area contributed by atoms with Crippen LogP contribution >= 0.6 is 0 Å². The lowest BCUT2D eigenvalue weighted by Gasteiger charge is -2.26. The van der Waals surface area contributed by atoms with Gasteiger partial charge in [0.25, 0.3) is 0 Å². The molecule has 13 rings (SSSR count). The third kappa shape index (κ3) is 7.25. The van der Waals surface area contributed by atoms with Crippen LogP contribution in [0.2, 0.25) is 0 Å². The zero-order chi connectivity index (χ0) is 45.7. The Morgan fingerprint density at radius 3 is 1.35 bits per heavy atom. The minimum Gasteiger partial charge on any atom is -0.455 e. The van der Waals surface area contributed by atoms with Crippen LogP contribution in [0.3, 0.4) is 0 Å². The van der Waals surface area contributed by atoms with Gasteiger partial charge in [0.1, 0.15) is 11.2 Å². The Kier molecular flexibility index (Phi) is 9.84. The highest BCUT2D eigenvalue weighted by atomic mass is 16.3. The lowest BCUT2D eigenvalue weighted by molar-refractivity contribution is 0.670. The first-order chi connectivity index (χ1) is 34.2. The molecular formula is C66H44N2O. The van der Waals surface area contributed by atoms with Crippen molar-refractivity contribution >= 4 is 60.8 Å². The average Bonchev–Trinajstić information content (AvgIpc) is 3.98. The van der Waals surface area contributed by atoms with E-state index >= 15 is 0 Å². The molecule has 0 aliphatic rings. The van der Waals surface area contributed by atoms with E-state index in [1.807, 2.05) is 6.07 Å². The molecule has 0 N–H and O–H groups in total. The lowest BCUT2D eigenvalue weighted by atomic mass is 9.92. The van der Waals surface area contributed by atoms with Crippen molar-refractivity contribution in [3.05, 3.63) is 267 Å². The summed E-state index contributed by atoms with van der Waals surface area (Å²) in [5.41, 5.74) is 20.0. The maximum Gasteiger partial charge on any atom is 0.143 e. The molecule has 0 bridgehead atoms. The van der Waals surface area contributed by atoms with Crippen LogP contribution in [0.15, 0.2) is 271 Å². The van der Waals surface area contributed by atoms with E-state index < -0.39 is 0 Å². The van der Waals surface area contributed by atoms with Crippen molar-refractivity contribution in [3.8, 4) is 61.3 Å². The summed E-state index contributed by atoms with van der Waals surface area (Å²) in [7, 11) is 0. The van der Waals surface area contributed by atoms with E-state index in [-0.39, 0.29) is 0 Å². The quantitative estimate of drug-likeness (QED) is 0.144. The molecule has 11 aromatic carbocycles. The molecule has 69 heavy (non-hydrogen) atoms. The third-order valence-electron chi connectivity index (χ3n) is 13.6. The monoisotopic (exact) mass is 880 g/mol. The molecule has 0 unspecified atom stereocenters. The number of hydrogen-bond donors (Lipinski definition) is 0. The first kappa shape index (κ1) is 40.1. The van der Waals surface area contributed by atoms with Crippen molar-refractivity contribution in [2.24, 2.45) is 0 Å². The summed E-state index contributed by atoms with van der Waals surface area (Å²) in [4.78, 5) is 2.35. The number of nitrogens with zero attached hydrogens (tertiary/aromatic N) is 2. The van der Waals surface area contributed by atoms with Gasteiger partial charge < -0.3 is 13.9 Å². The number of benzene rings is 11. The Hall–Kier alpha value is -9.18. The van der Waals surface area contributed by atoms with Gasteiger partial charge in [-0.3, -0.25) is 0 Å². The van der Waals surface area contributed by atoms with E-state index in [1.54, 1.807) is 0 Å². The molecule has 3 heteroatoms. The Balaban J connectivity index is 0.948. The Labute approximate surface area is 401 Å². The lowest BCUT2D eigenvalue weighted by Crippen LogP contribution is -2.09. The van der Waals surface area contributed by atoms with Crippen LogP contribution in [0, 0.1) is 0 Å². The molecule has 2 heterocycles. The molecule has 0 radical (unpaired) electrons. The van der Waals surface area contributed by atoms with Crippen molar-refractivity contribution < 1.29 is 4.42 Å². The molecule has 0 saturated carbocycles. The third-order valence-corrected chi connectivity index (χ3v) is 13.6. The van der Waals surface area contributed by atoms with Gasteiger partial charge in [-0.1, -0.05) is 176 Å². The van der Waals surface area contributed by atoms with Gasteiger partial charge in [-0.15, -0.1) is 0 Å². The van der Waals surface area contributed by atoms with E-state index in [0.29, 0.717) is 0 Å². The highest BCUT2D eigenvalue weighted by molar-refractivity contribution is 6.12. The number of rotatable bonds is 9. The molecule has 0 saturated heterocycles. The fourth-order valence-electron chi connectivity index (χ4n) is 10.2. The predicted octanol–water partition coefficient (Wildman–Crippen LogP) is 18.5. The van der Waals surface area contributed by atoms with Crippen LogP contribution in [-0.2, 0) is 0 Å². The molecule has 0 aliphatic carbocycles. The van der Waals surface area contributed by atoms with E-state index in [9.17, 15) is 0 Å². The average molecular weight is 881 g/mol. The Bertz CT molecular complexity index is 3880. The minimum absolute atomic E-state index is 0.890. The second-order valence-electron chi connectivity index (χ2n) is 17.7. The van der Waals surface area contributed by atoms with Crippen molar-refractivity contribution in [1.29, 1.82) is 0 Å². The van der Waals surface area contributed by atoms with E-state index in [2.05, 4.69) is 270 Å². The first-order valence-electron chi connectivity index (χ1n) is 23.6. The van der Waals surface area contributed by atoms with Gasteiger partial charge in [0.15, 0.2) is 0 Å². The minimum atomic E-state index is 0.890. The van der Waals surface area contributed by atoms with Crippen molar-refractivity contribution in [1.82, 2.24) is 4.57 Å². The normalized spacial score (nSPS) is 11.5. The van der Waals surface area contributed by atoms with Crippen molar-refractivity contribution in [2.75, 3.05) is 4.90 Å². The van der Waals surface area contributed by atoms with Gasteiger partial charge in [0.2, 0.25) is 0 Å². The zero-order valence-electron chi connectivity index (χ0n) is 37.7. The second-order valence-corrected chi connectivity index (χ2v) is 17.7. The van der Waals surface area contributed by atoms with Gasteiger partial charge in [-0.05, 0) is 141 Å². The summed E-state index contributed by atoms with van der Waals surface area (Å²) in [6, 6.07) is 96.1. The van der Waals surface area contributed by atoms with Gasteiger partial charge in [-0.25, -0.2) is 0 Å². The largest absolute Gasteiger partial charge is 0.455 e. The molecule has 2 aromatic heterocycles. The fraction of sp³-hybridized carbons (Fsp3) is 0. The standard InChI is InChI=1S/C66H44N2O/c1-4-15-45(16-5-1)47-27-34-55(35-28-47)67(56-36-29-48(30-37-56)46-17-6-2-7-18-46)57-38-31-49(32-39-57)51-41-52(43-53(42-51)58-23-14-24-61-60-22-11-13-26-65(60)69-66(58)61)50-33-40-64-62(44-50)59-21-10-12-25-63(59)68(64)54-19-8-3-9-20-54/h1-44H. The molecule has 0 aliphatic heterocycles. The van der Waals surface area contributed by atoms with Gasteiger partial charge in [0.05, 0.1) is 11.0 Å². The van der Waals surface area contributed by atoms with Gasteiger partial charge in [0, 0.05) is 49.9 Å². The maximum atomic E-state index is 6.66. The zero-order valence-corrected chi connectivity index (χ0v) is 37.7. The highest BCUT2D eigenvalue weighted by Crippen LogP contribution is 2.43. The predicted molar refractivity (Wildman–Crippen MR) is 290 cm³/mol. The summed E-state index contributed by atoms with van der Waals surface area (Å²) in [5.74, 6) is 0. The molecule has 3 nitrogen and oxygen atoms in total. The number of fused-ring (bicyclic) bond motifs is 6. The SMILES string of the molecule is c1ccc(-c2ccc(N(c3ccc(-c4ccccc4)cc3)c3ccc(-c4cc(-c5ccc6c(c5)c5ccccc5n6-c5ccccc5)cc(-c5cccc6c5oc5ccccc56)c4)cc3)cc2)cc1. The fourth-order valence-corrected chi connectivity index (χ4v) is 10.2. The van der Waals surface area contributed by atoms with Gasteiger partial charge in [-0.2, -0.15) is 0 Å². The number of para-hydroxylation sites is 4.